The van der Waals surface area contributed by atoms with E-state index in [1.165, 1.54) is 0 Å². The molecule has 22 heavy (non-hydrogen) atoms. The topological polar surface area (TPSA) is 60.9 Å². The molecule has 1 amide bonds. The van der Waals surface area contributed by atoms with E-state index in [9.17, 15) is 4.79 Å². The van der Waals surface area contributed by atoms with Gasteiger partial charge < -0.3 is 19.1 Å². The van der Waals surface area contributed by atoms with E-state index in [2.05, 4.69) is 4.98 Å². The van der Waals surface area contributed by atoms with Gasteiger partial charge in [0.1, 0.15) is 11.4 Å². The van der Waals surface area contributed by atoms with Gasteiger partial charge in [-0.15, -0.1) is 0 Å². The monoisotopic (exact) mass is 308 g/mol. The number of rotatable bonds is 6. The van der Waals surface area contributed by atoms with Crippen LogP contribution in [0.2, 0.25) is 0 Å². The lowest BCUT2D eigenvalue weighted by molar-refractivity contribution is 0.0606. The molecule has 0 saturated carbocycles. The maximum Gasteiger partial charge on any atom is 0.272 e. The summed E-state index contributed by atoms with van der Waals surface area (Å²) in [5.74, 6) is 0.564. The summed E-state index contributed by atoms with van der Waals surface area (Å²) in [7, 11) is 3.30. The van der Waals surface area contributed by atoms with Crippen molar-refractivity contribution in [2.24, 2.45) is 0 Å². The first-order valence-corrected chi connectivity index (χ1v) is 7.50. The number of carbonyl (C=O) groups is 1. The third-order valence-corrected chi connectivity index (χ3v) is 3.66. The predicted molar refractivity (Wildman–Crippen MR) is 82.1 cm³/mol. The fourth-order valence-corrected chi connectivity index (χ4v) is 2.64. The predicted octanol–water partition coefficient (Wildman–Crippen LogP) is 1.74. The van der Waals surface area contributed by atoms with Crippen molar-refractivity contribution < 1.29 is 19.0 Å². The Kier molecular flexibility index (Phi) is 5.74. The van der Waals surface area contributed by atoms with E-state index in [-0.39, 0.29) is 24.2 Å². The minimum atomic E-state index is -0.0994. The van der Waals surface area contributed by atoms with Gasteiger partial charge in [-0.25, -0.2) is 4.98 Å². The SMILES string of the molecule is COC[C@@H]1C[C@H](OC)CN1C(=O)c1ccc(OC(C)C)cn1. The standard InChI is InChI=1S/C16H24N2O4/c1-11(2)22-13-5-6-15(17-8-13)16(19)18-9-14(21-4)7-12(18)10-20-3/h5-6,8,11-12,14H,7,9-10H2,1-4H3/t12-,14-/m0/s1. The molecule has 1 saturated heterocycles. The van der Waals surface area contributed by atoms with E-state index in [1.54, 1.807) is 37.4 Å². The van der Waals surface area contributed by atoms with Crippen molar-refractivity contribution in [2.45, 2.75) is 38.5 Å². The number of amides is 1. The number of carbonyl (C=O) groups excluding carboxylic acids is 1. The molecule has 6 heteroatoms. The number of methoxy groups -OCH3 is 2. The van der Waals surface area contributed by atoms with Crippen LogP contribution in [0.5, 0.6) is 5.75 Å². The van der Waals surface area contributed by atoms with Crippen LogP contribution in [0.1, 0.15) is 30.8 Å². The zero-order valence-corrected chi connectivity index (χ0v) is 13.6. The molecule has 1 aliphatic rings. The van der Waals surface area contributed by atoms with Gasteiger partial charge in [-0.1, -0.05) is 0 Å². The summed E-state index contributed by atoms with van der Waals surface area (Å²) >= 11 is 0. The quantitative estimate of drug-likeness (QED) is 0.801. The van der Waals surface area contributed by atoms with Crippen LogP contribution in [-0.4, -0.2) is 61.4 Å². The summed E-state index contributed by atoms with van der Waals surface area (Å²) in [6, 6.07) is 3.50. The van der Waals surface area contributed by atoms with E-state index in [4.69, 9.17) is 14.2 Å². The maximum absolute atomic E-state index is 12.6. The number of aromatic nitrogens is 1. The molecule has 2 atom stereocenters. The fourth-order valence-electron chi connectivity index (χ4n) is 2.64. The van der Waals surface area contributed by atoms with Gasteiger partial charge in [0.25, 0.3) is 5.91 Å². The van der Waals surface area contributed by atoms with E-state index in [0.717, 1.165) is 6.42 Å². The van der Waals surface area contributed by atoms with Crippen molar-refractivity contribution in [1.29, 1.82) is 0 Å². The van der Waals surface area contributed by atoms with E-state index < -0.39 is 0 Å². The van der Waals surface area contributed by atoms with Crippen molar-refractivity contribution in [3.8, 4) is 5.75 Å². The second kappa shape index (κ2) is 7.56. The number of ether oxygens (including phenoxy) is 3. The highest BCUT2D eigenvalue weighted by Gasteiger charge is 2.36. The molecule has 0 unspecified atom stereocenters. The van der Waals surface area contributed by atoms with Gasteiger partial charge in [-0.2, -0.15) is 0 Å². The molecule has 1 aliphatic heterocycles. The highest BCUT2D eigenvalue weighted by Crippen LogP contribution is 2.22. The third-order valence-electron chi connectivity index (χ3n) is 3.66. The van der Waals surface area contributed by atoms with Gasteiger partial charge in [0.05, 0.1) is 31.1 Å². The highest BCUT2D eigenvalue weighted by molar-refractivity contribution is 5.92. The Hall–Kier alpha value is -1.66. The summed E-state index contributed by atoms with van der Waals surface area (Å²) in [5.41, 5.74) is 0.411. The Morgan fingerprint density at radius 1 is 1.41 bits per heavy atom. The van der Waals surface area contributed by atoms with Crippen LogP contribution in [0.3, 0.4) is 0 Å². The average Bonchev–Trinajstić information content (AvgIpc) is 2.90. The lowest BCUT2D eigenvalue weighted by Gasteiger charge is -2.23. The van der Waals surface area contributed by atoms with Crippen LogP contribution in [-0.2, 0) is 9.47 Å². The molecule has 0 N–H and O–H groups in total. The van der Waals surface area contributed by atoms with Crippen molar-refractivity contribution >= 4 is 5.91 Å². The van der Waals surface area contributed by atoms with Crippen LogP contribution in [0.15, 0.2) is 18.3 Å². The van der Waals surface area contributed by atoms with Crippen LogP contribution in [0.25, 0.3) is 0 Å². The molecule has 0 spiro atoms. The Morgan fingerprint density at radius 2 is 2.18 bits per heavy atom. The second-order valence-electron chi connectivity index (χ2n) is 5.71. The molecule has 1 aromatic heterocycles. The van der Waals surface area contributed by atoms with Gasteiger partial charge in [0.15, 0.2) is 0 Å². The van der Waals surface area contributed by atoms with Crippen molar-refractivity contribution in [3.05, 3.63) is 24.0 Å². The van der Waals surface area contributed by atoms with Gasteiger partial charge >= 0.3 is 0 Å². The van der Waals surface area contributed by atoms with Gasteiger partial charge in [-0.3, -0.25) is 4.79 Å². The van der Waals surface area contributed by atoms with Gasteiger partial charge in [-0.05, 0) is 32.4 Å². The maximum atomic E-state index is 12.6. The van der Waals surface area contributed by atoms with Crippen molar-refractivity contribution in [3.63, 3.8) is 0 Å². The molecule has 0 aromatic carbocycles. The van der Waals surface area contributed by atoms with E-state index >= 15 is 0 Å². The van der Waals surface area contributed by atoms with Crippen LogP contribution in [0, 0.1) is 0 Å². The van der Waals surface area contributed by atoms with Crippen LogP contribution >= 0.6 is 0 Å². The molecule has 122 valence electrons. The molecule has 1 fully saturated rings. The van der Waals surface area contributed by atoms with Gasteiger partial charge in [0.2, 0.25) is 0 Å². The summed E-state index contributed by atoms with van der Waals surface area (Å²) in [4.78, 5) is 18.6. The second-order valence-corrected chi connectivity index (χ2v) is 5.71. The molecule has 0 radical (unpaired) electrons. The van der Waals surface area contributed by atoms with Crippen molar-refractivity contribution in [2.75, 3.05) is 27.4 Å². The molecular weight excluding hydrogens is 284 g/mol. The molecule has 0 bridgehead atoms. The fraction of sp³-hybridized carbons (Fsp3) is 0.625. The zero-order valence-electron chi connectivity index (χ0n) is 13.6. The Morgan fingerprint density at radius 3 is 2.73 bits per heavy atom. The zero-order chi connectivity index (χ0) is 16.1. The Balaban J connectivity index is 2.09. The number of hydrogen-bond acceptors (Lipinski definition) is 5. The number of hydrogen-bond donors (Lipinski definition) is 0. The summed E-state index contributed by atoms with van der Waals surface area (Å²) < 4.78 is 16.1. The normalized spacial score (nSPS) is 21.4. The molecule has 1 aromatic rings. The first-order chi connectivity index (χ1) is 10.5. The summed E-state index contributed by atoms with van der Waals surface area (Å²) in [6.45, 7) is 4.96. The summed E-state index contributed by atoms with van der Waals surface area (Å²) in [6.07, 6.45) is 2.50. The van der Waals surface area contributed by atoms with E-state index in [1.807, 2.05) is 13.8 Å². The Labute approximate surface area is 131 Å². The molecule has 6 nitrogen and oxygen atoms in total. The lowest BCUT2D eigenvalue weighted by Crippen LogP contribution is -2.38. The smallest absolute Gasteiger partial charge is 0.272 e. The first-order valence-electron chi connectivity index (χ1n) is 7.50. The minimum absolute atomic E-state index is 0.0239. The molecular formula is C16H24N2O4. The van der Waals surface area contributed by atoms with Crippen LogP contribution in [0.4, 0.5) is 0 Å². The number of nitrogens with zero attached hydrogens (tertiary/aromatic N) is 2. The highest BCUT2D eigenvalue weighted by atomic mass is 16.5. The first kappa shape index (κ1) is 16.7. The molecule has 0 aliphatic carbocycles. The largest absolute Gasteiger partial charge is 0.489 e. The third kappa shape index (κ3) is 3.96. The number of likely N-dealkylation sites (tertiary alicyclic amines) is 1. The van der Waals surface area contributed by atoms with E-state index in [0.29, 0.717) is 24.6 Å². The molecule has 2 heterocycles. The molecule has 2 rings (SSSR count). The van der Waals surface area contributed by atoms with Gasteiger partial charge in [0, 0.05) is 20.8 Å². The van der Waals surface area contributed by atoms with Crippen LogP contribution < -0.4 is 4.74 Å². The van der Waals surface area contributed by atoms with Crippen molar-refractivity contribution in [1.82, 2.24) is 9.88 Å². The minimum Gasteiger partial charge on any atom is -0.489 e. The number of pyridine rings is 1. The average molecular weight is 308 g/mol. The lowest BCUT2D eigenvalue weighted by atomic mass is 10.2. The Bertz CT molecular complexity index is 489. The summed E-state index contributed by atoms with van der Waals surface area (Å²) in [5, 5.41) is 0.